The maximum atomic E-state index is 12.5. The molecule has 4 rings (SSSR count). The van der Waals surface area contributed by atoms with Crippen LogP contribution in [0, 0.1) is 6.92 Å². The standard InChI is InChI=1S/C32H29N3O5/c1-3-39-29-19-24(11-18-28(29)40-32(38)26-12-9-22(2)10-13-26)21-33-35-31(37)25-14-16-27(17-15-25)34-30(36)20-23-7-5-4-6-8-23/h4-19,21H,3,20H2,1-2H3,(H,34,36)(H,35,37)/b33-21-. The molecule has 0 saturated heterocycles. The Balaban J connectivity index is 1.33. The number of amides is 2. The minimum Gasteiger partial charge on any atom is -0.490 e. The molecular formula is C32H29N3O5. The number of ether oxygens (including phenoxy) is 2. The number of nitrogens with one attached hydrogen (secondary N) is 2. The van der Waals surface area contributed by atoms with Gasteiger partial charge in [-0.25, -0.2) is 10.2 Å². The molecule has 0 aromatic heterocycles. The van der Waals surface area contributed by atoms with Crippen LogP contribution in [0.3, 0.4) is 0 Å². The molecule has 4 aromatic carbocycles. The molecule has 0 spiro atoms. The summed E-state index contributed by atoms with van der Waals surface area (Å²) < 4.78 is 11.2. The summed E-state index contributed by atoms with van der Waals surface area (Å²) in [7, 11) is 0. The molecule has 0 unspecified atom stereocenters. The van der Waals surface area contributed by atoms with Crippen LogP contribution < -0.4 is 20.2 Å². The Labute approximate surface area is 232 Å². The first kappa shape index (κ1) is 27.8. The highest BCUT2D eigenvalue weighted by Crippen LogP contribution is 2.29. The van der Waals surface area contributed by atoms with E-state index in [1.54, 1.807) is 54.6 Å². The zero-order valence-corrected chi connectivity index (χ0v) is 22.2. The molecule has 8 nitrogen and oxygen atoms in total. The molecule has 0 saturated carbocycles. The first-order chi connectivity index (χ1) is 19.4. The van der Waals surface area contributed by atoms with Gasteiger partial charge in [-0.1, -0.05) is 48.0 Å². The van der Waals surface area contributed by atoms with E-state index in [2.05, 4.69) is 15.8 Å². The van der Waals surface area contributed by atoms with E-state index in [1.165, 1.54) is 6.21 Å². The molecule has 40 heavy (non-hydrogen) atoms. The molecule has 0 bridgehead atoms. The van der Waals surface area contributed by atoms with Gasteiger partial charge in [0.05, 0.1) is 24.8 Å². The van der Waals surface area contributed by atoms with Gasteiger partial charge < -0.3 is 14.8 Å². The maximum Gasteiger partial charge on any atom is 0.343 e. The number of anilines is 1. The number of aryl methyl sites for hydroxylation is 1. The van der Waals surface area contributed by atoms with E-state index in [4.69, 9.17) is 9.47 Å². The fourth-order valence-corrected chi connectivity index (χ4v) is 3.73. The Morgan fingerprint density at radius 2 is 1.52 bits per heavy atom. The Bertz CT molecular complexity index is 1500. The normalized spacial score (nSPS) is 10.7. The van der Waals surface area contributed by atoms with Crippen LogP contribution in [0.1, 0.15) is 44.3 Å². The van der Waals surface area contributed by atoms with Crippen LogP contribution in [0.15, 0.2) is 102 Å². The van der Waals surface area contributed by atoms with Gasteiger partial charge >= 0.3 is 5.97 Å². The summed E-state index contributed by atoms with van der Waals surface area (Å²) in [4.78, 5) is 37.3. The van der Waals surface area contributed by atoms with Gasteiger partial charge in [0.25, 0.3) is 5.91 Å². The largest absolute Gasteiger partial charge is 0.490 e. The second-order valence-corrected chi connectivity index (χ2v) is 8.88. The van der Waals surface area contributed by atoms with Crippen LogP contribution >= 0.6 is 0 Å². The van der Waals surface area contributed by atoms with E-state index < -0.39 is 11.9 Å². The zero-order chi connectivity index (χ0) is 28.3. The van der Waals surface area contributed by atoms with Crippen LogP contribution in [0.5, 0.6) is 11.5 Å². The Kier molecular flexibility index (Phi) is 9.39. The summed E-state index contributed by atoms with van der Waals surface area (Å²) in [6.07, 6.45) is 1.73. The first-order valence-electron chi connectivity index (χ1n) is 12.7. The number of hydrogen-bond donors (Lipinski definition) is 2. The third kappa shape index (κ3) is 7.88. The molecule has 0 aliphatic rings. The SMILES string of the molecule is CCOc1cc(/C=N\NC(=O)c2ccc(NC(=O)Cc3ccccc3)cc2)ccc1OC(=O)c1ccc(C)cc1. The second kappa shape index (κ2) is 13.5. The molecule has 0 radical (unpaired) electrons. The van der Waals surface area contributed by atoms with Crippen molar-refractivity contribution in [1.82, 2.24) is 5.43 Å². The van der Waals surface area contributed by atoms with Gasteiger partial charge in [-0.05, 0) is 79.6 Å². The topological polar surface area (TPSA) is 106 Å². The smallest absolute Gasteiger partial charge is 0.343 e. The second-order valence-electron chi connectivity index (χ2n) is 8.88. The lowest BCUT2D eigenvalue weighted by Gasteiger charge is -2.11. The zero-order valence-electron chi connectivity index (χ0n) is 22.2. The van der Waals surface area contributed by atoms with Gasteiger partial charge in [-0.2, -0.15) is 5.10 Å². The van der Waals surface area contributed by atoms with Gasteiger partial charge in [0.15, 0.2) is 11.5 Å². The van der Waals surface area contributed by atoms with Gasteiger partial charge in [0.1, 0.15) is 0 Å². The third-order valence-corrected chi connectivity index (χ3v) is 5.78. The van der Waals surface area contributed by atoms with Crippen molar-refractivity contribution in [3.63, 3.8) is 0 Å². The number of hydrogen-bond acceptors (Lipinski definition) is 6. The fourth-order valence-electron chi connectivity index (χ4n) is 3.73. The molecule has 2 amide bonds. The molecule has 0 atom stereocenters. The van der Waals surface area contributed by atoms with Crippen LogP contribution in [0.4, 0.5) is 5.69 Å². The van der Waals surface area contributed by atoms with Crippen molar-refractivity contribution in [2.45, 2.75) is 20.3 Å². The van der Waals surface area contributed by atoms with Crippen molar-refractivity contribution >= 4 is 29.7 Å². The molecule has 4 aromatic rings. The average Bonchev–Trinajstić information content (AvgIpc) is 2.95. The average molecular weight is 536 g/mol. The lowest BCUT2D eigenvalue weighted by Crippen LogP contribution is -2.18. The van der Waals surface area contributed by atoms with Crippen LogP contribution in [0.2, 0.25) is 0 Å². The Morgan fingerprint density at radius 1 is 0.825 bits per heavy atom. The van der Waals surface area contributed by atoms with Crippen molar-refractivity contribution in [2.24, 2.45) is 5.10 Å². The monoisotopic (exact) mass is 535 g/mol. The maximum absolute atomic E-state index is 12.5. The van der Waals surface area contributed by atoms with Crippen molar-refractivity contribution in [2.75, 3.05) is 11.9 Å². The number of nitrogens with zero attached hydrogens (tertiary/aromatic N) is 1. The van der Waals surface area contributed by atoms with Crippen molar-refractivity contribution in [3.8, 4) is 11.5 Å². The molecule has 8 heteroatoms. The first-order valence-corrected chi connectivity index (χ1v) is 12.7. The van der Waals surface area contributed by atoms with Crippen molar-refractivity contribution in [1.29, 1.82) is 0 Å². The van der Waals surface area contributed by atoms with Gasteiger partial charge in [0.2, 0.25) is 5.91 Å². The minimum absolute atomic E-state index is 0.143. The number of esters is 1. The van der Waals surface area contributed by atoms with E-state index in [1.807, 2.05) is 56.3 Å². The predicted molar refractivity (Wildman–Crippen MR) is 154 cm³/mol. The van der Waals surface area contributed by atoms with E-state index in [0.717, 1.165) is 11.1 Å². The fraction of sp³-hybridized carbons (Fsp3) is 0.125. The highest BCUT2D eigenvalue weighted by molar-refractivity contribution is 5.97. The van der Waals surface area contributed by atoms with Gasteiger partial charge in [-0.3, -0.25) is 9.59 Å². The molecule has 0 aliphatic carbocycles. The summed E-state index contributed by atoms with van der Waals surface area (Å²) in [6, 6.07) is 28.1. The Morgan fingerprint density at radius 3 is 2.23 bits per heavy atom. The van der Waals surface area contributed by atoms with Crippen LogP contribution in [-0.2, 0) is 11.2 Å². The molecule has 202 valence electrons. The van der Waals surface area contributed by atoms with E-state index in [0.29, 0.717) is 34.7 Å². The summed E-state index contributed by atoms with van der Waals surface area (Å²) >= 11 is 0. The minimum atomic E-state index is -0.489. The quantitative estimate of drug-likeness (QED) is 0.120. The highest BCUT2D eigenvalue weighted by Gasteiger charge is 2.13. The van der Waals surface area contributed by atoms with Crippen LogP contribution in [-0.4, -0.2) is 30.6 Å². The lowest BCUT2D eigenvalue weighted by atomic mass is 10.1. The van der Waals surface area contributed by atoms with E-state index in [-0.39, 0.29) is 18.1 Å². The number of carbonyl (C=O) groups excluding carboxylic acids is 3. The molecular weight excluding hydrogens is 506 g/mol. The molecule has 0 heterocycles. The predicted octanol–water partition coefficient (Wildman–Crippen LogP) is 5.56. The molecule has 0 fully saturated rings. The van der Waals surface area contributed by atoms with E-state index >= 15 is 0 Å². The number of rotatable bonds is 10. The number of hydrazone groups is 1. The highest BCUT2D eigenvalue weighted by atomic mass is 16.6. The van der Waals surface area contributed by atoms with Crippen molar-refractivity contribution in [3.05, 3.63) is 125 Å². The summed E-state index contributed by atoms with van der Waals surface area (Å²) in [5, 5.41) is 6.85. The van der Waals surface area contributed by atoms with Crippen molar-refractivity contribution < 1.29 is 23.9 Å². The van der Waals surface area contributed by atoms with E-state index in [9.17, 15) is 14.4 Å². The summed E-state index contributed by atoms with van der Waals surface area (Å²) in [5.74, 6) is -0.383. The van der Waals surface area contributed by atoms with Gasteiger partial charge in [-0.15, -0.1) is 0 Å². The van der Waals surface area contributed by atoms with Crippen LogP contribution in [0.25, 0.3) is 0 Å². The number of carbonyl (C=O) groups is 3. The summed E-state index contributed by atoms with van der Waals surface area (Å²) in [6.45, 7) is 4.14. The van der Waals surface area contributed by atoms with Gasteiger partial charge in [0, 0.05) is 11.3 Å². The molecule has 2 N–H and O–H groups in total. The lowest BCUT2D eigenvalue weighted by molar-refractivity contribution is -0.115. The summed E-state index contributed by atoms with van der Waals surface area (Å²) in [5.41, 5.74) is 6.48. The third-order valence-electron chi connectivity index (χ3n) is 5.78. The Hall–Kier alpha value is -5.24. The number of benzene rings is 4. The molecule has 0 aliphatic heterocycles.